The lowest BCUT2D eigenvalue weighted by Gasteiger charge is -2.27. The van der Waals surface area contributed by atoms with Gasteiger partial charge in [-0.05, 0) is 69.3 Å². The average molecular weight is 605 g/mol. The Morgan fingerprint density at radius 3 is 2.79 bits per heavy atom. The number of hydrogen-bond acceptors (Lipinski definition) is 9. The molecular formula is C30H29ClN6O4S. The minimum atomic E-state index is -0.722. The number of nitrogens with one attached hydrogen (secondary N) is 1. The summed E-state index contributed by atoms with van der Waals surface area (Å²) < 4.78 is 20.1. The molecular weight excluding hydrogens is 576 g/mol. The molecule has 10 nitrogen and oxygen atoms in total. The molecule has 3 N–H and O–H groups in total. The van der Waals surface area contributed by atoms with Crippen molar-refractivity contribution < 1.29 is 18.7 Å². The number of halogens is 1. The fourth-order valence-corrected chi connectivity index (χ4v) is 5.79. The molecule has 1 saturated heterocycles. The fourth-order valence-electron chi connectivity index (χ4n) is 5.18. The predicted molar refractivity (Wildman–Crippen MR) is 163 cm³/mol. The second kappa shape index (κ2) is 11.8. The smallest absolute Gasteiger partial charge is 0.250 e. The SMILES string of the molecule is Cc1nnc(-c2ccc3c(c2)ncn3C2=CC(O[C@H](C)c3cccc(OC4CCNCC4)c3Cl)C(=S)C(C(N)=O)=C2)o1. The Morgan fingerprint density at radius 2 is 2.05 bits per heavy atom. The number of aromatic nitrogens is 4. The van der Waals surface area contributed by atoms with Gasteiger partial charge in [0.15, 0.2) is 0 Å². The summed E-state index contributed by atoms with van der Waals surface area (Å²) in [5, 5.41) is 11.8. The second-order valence-electron chi connectivity index (χ2n) is 10.2. The molecule has 1 aliphatic heterocycles. The first kappa shape index (κ1) is 28.2. The molecule has 2 aromatic heterocycles. The van der Waals surface area contributed by atoms with Crippen LogP contribution in [0.4, 0.5) is 0 Å². The predicted octanol–water partition coefficient (Wildman–Crippen LogP) is 4.96. The molecule has 1 aliphatic carbocycles. The van der Waals surface area contributed by atoms with Crippen LogP contribution in [0.15, 0.2) is 64.9 Å². The molecule has 216 valence electrons. The standard InChI is InChI=1S/C30H29ClN6O4S/c1-16(21-4-3-5-25(27(21)31)41-20-8-10-33-11-9-20)39-26-14-19(13-22(28(26)42)29(32)38)37-15-34-23-12-18(6-7-24(23)37)30-36-35-17(2)40-30/h3-7,12-16,20,26,33H,8-11H2,1-2H3,(H2,32,38)/t16-,26?/m1/s1. The number of carbonyl (C=O) groups is 1. The van der Waals surface area contributed by atoms with Gasteiger partial charge in [-0.3, -0.25) is 9.36 Å². The number of fused-ring (bicyclic) bond motifs is 1. The van der Waals surface area contributed by atoms with E-state index in [1.54, 1.807) is 19.3 Å². The Balaban J connectivity index is 1.29. The molecule has 2 aliphatic rings. The number of benzene rings is 2. The van der Waals surface area contributed by atoms with Gasteiger partial charge in [0.2, 0.25) is 17.7 Å². The molecule has 1 unspecified atom stereocenters. The largest absolute Gasteiger partial charge is 0.489 e. The van der Waals surface area contributed by atoms with Crippen molar-refractivity contribution in [2.45, 2.75) is 45.0 Å². The summed E-state index contributed by atoms with van der Waals surface area (Å²) in [6.07, 6.45) is 5.92. The van der Waals surface area contributed by atoms with E-state index in [4.69, 9.17) is 43.4 Å². The first-order chi connectivity index (χ1) is 20.3. The van der Waals surface area contributed by atoms with E-state index in [1.807, 2.05) is 54.0 Å². The molecule has 42 heavy (non-hydrogen) atoms. The van der Waals surface area contributed by atoms with E-state index in [-0.39, 0.29) is 11.7 Å². The molecule has 2 atom stereocenters. The van der Waals surface area contributed by atoms with Gasteiger partial charge in [-0.15, -0.1) is 10.2 Å². The summed E-state index contributed by atoms with van der Waals surface area (Å²) in [5.41, 5.74) is 9.60. The van der Waals surface area contributed by atoms with Crippen LogP contribution in [0.2, 0.25) is 5.02 Å². The number of hydrogen-bond donors (Lipinski definition) is 2. The second-order valence-corrected chi connectivity index (χ2v) is 11.1. The van der Waals surface area contributed by atoms with Crippen LogP contribution in [0, 0.1) is 6.92 Å². The lowest BCUT2D eigenvalue weighted by molar-refractivity contribution is -0.114. The molecule has 0 bridgehead atoms. The summed E-state index contributed by atoms with van der Waals surface area (Å²) in [7, 11) is 0. The highest BCUT2D eigenvalue weighted by molar-refractivity contribution is 7.81. The molecule has 3 heterocycles. The van der Waals surface area contributed by atoms with Crippen molar-refractivity contribution in [3.63, 3.8) is 0 Å². The van der Waals surface area contributed by atoms with Gasteiger partial charge in [-0.2, -0.15) is 0 Å². The average Bonchev–Trinajstić information content (AvgIpc) is 3.61. The minimum absolute atomic E-state index is 0.104. The van der Waals surface area contributed by atoms with Crippen molar-refractivity contribution in [1.29, 1.82) is 0 Å². The van der Waals surface area contributed by atoms with E-state index in [2.05, 4.69) is 20.5 Å². The van der Waals surface area contributed by atoms with E-state index in [0.29, 0.717) is 38.6 Å². The van der Waals surface area contributed by atoms with Crippen LogP contribution < -0.4 is 15.8 Å². The van der Waals surface area contributed by atoms with Crippen molar-refractivity contribution in [3.8, 4) is 17.2 Å². The van der Waals surface area contributed by atoms with E-state index in [0.717, 1.165) is 42.6 Å². The van der Waals surface area contributed by atoms with E-state index < -0.39 is 18.1 Å². The van der Waals surface area contributed by atoms with Crippen molar-refractivity contribution >= 4 is 51.3 Å². The van der Waals surface area contributed by atoms with E-state index in [9.17, 15) is 4.79 Å². The number of rotatable bonds is 8. The maximum Gasteiger partial charge on any atom is 0.250 e. The molecule has 1 fully saturated rings. The van der Waals surface area contributed by atoms with Gasteiger partial charge < -0.3 is 24.9 Å². The number of ether oxygens (including phenoxy) is 2. The van der Waals surface area contributed by atoms with Gasteiger partial charge in [-0.1, -0.05) is 36.0 Å². The molecule has 0 saturated carbocycles. The van der Waals surface area contributed by atoms with Crippen molar-refractivity contribution in [2.24, 2.45) is 5.73 Å². The number of aryl methyl sites for hydroxylation is 1. The molecule has 6 rings (SSSR count). The third-order valence-corrected chi connectivity index (χ3v) is 8.22. The number of nitrogens with zero attached hydrogens (tertiary/aromatic N) is 4. The maximum absolute atomic E-state index is 12.4. The van der Waals surface area contributed by atoms with E-state index in [1.165, 1.54) is 0 Å². The zero-order valence-corrected chi connectivity index (χ0v) is 24.6. The Bertz CT molecular complexity index is 1740. The van der Waals surface area contributed by atoms with Crippen LogP contribution in [-0.2, 0) is 9.53 Å². The minimum Gasteiger partial charge on any atom is -0.489 e. The van der Waals surface area contributed by atoms with Gasteiger partial charge >= 0.3 is 0 Å². The van der Waals surface area contributed by atoms with Gasteiger partial charge in [-0.25, -0.2) is 4.98 Å². The fraction of sp³-hybridized carbons (Fsp3) is 0.300. The Kier molecular flexibility index (Phi) is 7.91. The normalized spacial score (nSPS) is 18.5. The Morgan fingerprint density at radius 1 is 1.24 bits per heavy atom. The number of imidazole rings is 1. The number of thiocarbonyl (C=S) groups is 1. The number of primary amides is 1. The van der Waals surface area contributed by atoms with Crippen LogP contribution in [0.3, 0.4) is 0 Å². The Hall–Kier alpha value is -3.90. The van der Waals surface area contributed by atoms with Gasteiger partial charge in [0.05, 0.1) is 32.6 Å². The molecule has 0 radical (unpaired) electrons. The summed E-state index contributed by atoms with van der Waals surface area (Å²) in [5.74, 6) is 0.872. The van der Waals surface area contributed by atoms with Crippen molar-refractivity contribution in [1.82, 2.24) is 25.1 Å². The molecule has 12 heteroatoms. The highest BCUT2D eigenvalue weighted by atomic mass is 35.5. The topological polar surface area (TPSA) is 130 Å². The third kappa shape index (κ3) is 5.60. The van der Waals surface area contributed by atoms with Crippen molar-refractivity contribution in [2.75, 3.05) is 13.1 Å². The number of piperidine rings is 1. The van der Waals surface area contributed by atoms with Crippen LogP contribution in [0.25, 0.3) is 28.2 Å². The summed E-state index contributed by atoms with van der Waals surface area (Å²) in [4.78, 5) is 17.3. The molecule has 4 aromatic rings. The highest BCUT2D eigenvalue weighted by Crippen LogP contribution is 2.36. The first-order valence-corrected chi connectivity index (χ1v) is 14.4. The van der Waals surface area contributed by atoms with Crippen molar-refractivity contribution in [3.05, 3.63) is 76.9 Å². The number of nitrogens with two attached hydrogens (primary N) is 1. The van der Waals surface area contributed by atoms with Gasteiger partial charge in [0.25, 0.3) is 0 Å². The lowest BCUT2D eigenvalue weighted by atomic mass is 9.98. The van der Waals surface area contributed by atoms with Gasteiger partial charge in [0, 0.05) is 23.7 Å². The number of allylic oxidation sites excluding steroid dienone is 2. The third-order valence-electron chi connectivity index (χ3n) is 7.36. The molecule has 0 spiro atoms. The first-order valence-electron chi connectivity index (χ1n) is 13.6. The number of carbonyl (C=O) groups excluding carboxylic acids is 1. The van der Waals surface area contributed by atoms with Crippen LogP contribution in [-0.4, -0.2) is 55.8 Å². The molecule has 1 amide bonds. The zero-order valence-electron chi connectivity index (χ0n) is 23.0. The van der Waals surface area contributed by atoms with Crippen LogP contribution in [0.5, 0.6) is 5.75 Å². The highest BCUT2D eigenvalue weighted by Gasteiger charge is 2.29. The summed E-state index contributed by atoms with van der Waals surface area (Å²) in [6.45, 7) is 5.45. The monoisotopic (exact) mass is 604 g/mol. The lowest BCUT2D eigenvalue weighted by Crippen LogP contribution is -2.34. The Labute approximate surface area is 252 Å². The molecule has 2 aromatic carbocycles. The van der Waals surface area contributed by atoms with E-state index >= 15 is 0 Å². The van der Waals surface area contributed by atoms with Crippen LogP contribution >= 0.6 is 23.8 Å². The van der Waals surface area contributed by atoms with Gasteiger partial charge in [0.1, 0.15) is 24.3 Å². The summed E-state index contributed by atoms with van der Waals surface area (Å²) in [6, 6.07) is 11.3. The number of amides is 1. The summed E-state index contributed by atoms with van der Waals surface area (Å²) >= 11 is 12.5. The quantitative estimate of drug-likeness (QED) is 0.268. The zero-order chi connectivity index (χ0) is 29.4. The maximum atomic E-state index is 12.4. The van der Waals surface area contributed by atoms with Crippen LogP contribution in [0.1, 0.15) is 37.3 Å².